The van der Waals surface area contributed by atoms with E-state index in [2.05, 4.69) is 17.4 Å². The summed E-state index contributed by atoms with van der Waals surface area (Å²) in [6, 6.07) is -1.20. The zero-order valence-electron chi connectivity index (χ0n) is 33.0. The molecule has 4 fully saturated rings. The molecule has 14 heteroatoms. The van der Waals surface area contributed by atoms with E-state index in [4.69, 9.17) is 9.47 Å². The van der Waals surface area contributed by atoms with Gasteiger partial charge in [-0.05, 0) is 54.4 Å². The number of hydrogen-bond acceptors (Lipinski definition) is 11. The Hall–Kier alpha value is -1.52. The zero-order valence-corrected chi connectivity index (χ0v) is 33.0. The van der Waals surface area contributed by atoms with Gasteiger partial charge in [0.05, 0.1) is 19.3 Å². The number of aryl methyl sites for hydroxylation is 1. The van der Waals surface area contributed by atoms with Gasteiger partial charge in [0.15, 0.2) is 6.29 Å². The quantitative estimate of drug-likeness (QED) is 0.0556. The van der Waals surface area contributed by atoms with Crippen molar-refractivity contribution in [3.05, 3.63) is 10.5 Å². The van der Waals surface area contributed by atoms with Gasteiger partial charge in [0, 0.05) is 6.54 Å². The second-order valence-corrected chi connectivity index (χ2v) is 17.0. The third-order valence-corrected chi connectivity index (χ3v) is 12.3. The van der Waals surface area contributed by atoms with Crippen molar-refractivity contribution in [1.82, 2.24) is 19.8 Å². The third-order valence-electron chi connectivity index (χ3n) is 12.3. The largest absolute Gasteiger partial charge is 0.394 e. The Labute approximate surface area is 321 Å². The molecule has 54 heavy (non-hydrogen) atoms. The van der Waals surface area contributed by atoms with Gasteiger partial charge in [-0.15, -0.1) is 0 Å². The van der Waals surface area contributed by atoms with E-state index in [0.29, 0.717) is 24.8 Å². The molecule has 5 unspecified atom stereocenters. The molecule has 13 nitrogen and oxygen atoms in total. The average Bonchev–Trinajstić information content (AvgIpc) is 3.50. The van der Waals surface area contributed by atoms with Crippen LogP contribution in [0.4, 0.5) is 4.39 Å². The van der Waals surface area contributed by atoms with Gasteiger partial charge in [-0.3, -0.25) is 0 Å². The maximum atomic E-state index is 13.7. The van der Waals surface area contributed by atoms with Crippen LogP contribution in [-0.4, -0.2) is 112 Å². The number of rotatable bonds is 31. The van der Waals surface area contributed by atoms with Crippen LogP contribution in [-0.2, 0) is 16.0 Å². The van der Waals surface area contributed by atoms with Crippen molar-refractivity contribution < 1.29 is 44.5 Å². The van der Waals surface area contributed by atoms with Crippen LogP contribution in [0.3, 0.4) is 0 Å². The molecule has 3 saturated carbocycles. The molecule has 2 bridgehead atoms. The highest BCUT2D eigenvalue weighted by atomic mass is 19.1. The first-order valence-corrected chi connectivity index (χ1v) is 21.5. The first kappa shape index (κ1) is 45.2. The van der Waals surface area contributed by atoms with Gasteiger partial charge < -0.3 is 40.1 Å². The van der Waals surface area contributed by atoms with Crippen molar-refractivity contribution in [2.75, 3.05) is 13.2 Å². The summed E-state index contributed by atoms with van der Waals surface area (Å²) in [4.78, 5) is 13.4. The highest BCUT2D eigenvalue weighted by molar-refractivity contribution is 5.18. The van der Waals surface area contributed by atoms with Crippen molar-refractivity contribution in [2.45, 2.75) is 229 Å². The Kier molecular flexibility index (Phi) is 19.3. The molecule has 1 aromatic heterocycles. The number of halogens is 1. The first-order valence-electron chi connectivity index (χ1n) is 21.5. The Morgan fingerprint density at radius 3 is 1.87 bits per heavy atom. The lowest BCUT2D eigenvalue weighted by Gasteiger charge is -2.66. The van der Waals surface area contributed by atoms with E-state index < -0.39 is 73.5 Å². The molecule has 1 aromatic rings. The number of hydrogen-bond donors (Lipinski definition) is 6. The Morgan fingerprint density at radius 1 is 0.778 bits per heavy atom. The number of nitrogens with zero attached hydrogens (tertiary/aromatic N) is 4. The lowest BCUT2D eigenvalue weighted by Crippen LogP contribution is -2.64. The summed E-state index contributed by atoms with van der Waals surface area (Å²) < 4.78 is 27.1. The van der Waals surface area contributed by atoms with E-state index in [-0.39, 0.29) is 0 Å². The highest BCUT2D eigenvalue weighted by Gasteiger charge is 2.68. The van der Waals surface area contributed by atoms with Gasteiger partial charge in [-0.1, -0.05) is 129 Å². The molecular formula is C40H73FN4O9. The van der Waals surface area contributed by atoms with Crippen LogP contribution < -0.4 is 5.69 Å². The van der Waals surface area contributed by atoms with E-state index in [9.17, 15) is 39.8 Å². The number of aromatic nitrogens is 4. The maximum absolute atomic E-state index is 13.7. The van der Waals surface area contributed by atoms with E-state index in [1.165, 1.54) is 81.7 Å². The topological polar surface area (TPSA) is 193 Å². The van der Waals surface area contributed by atoms with E-state index >= 15 is 0 Å². The lowest BCUT2D eigenvalue weighted by molar-refractivity contribution is -0.304. The Morgan fingerprint density at radius 2 is 1.31 bits per heavy atom. The molecule has 5 rings (SSSR count). The number of ether oxygens (including phenoxy) is 2. The van der Waals surface area contributed by atoms with E-state index in [1.54, 1.807) is 0 Å². The summed E-state index contributed by atoms with van der Waals surface area (Å²) in [7, 11) is 0. The van der Waals surface area contributed by atoms with Crippen molar-refractivity contribution in [1.29, 1.82) is 0 Å². The lowest BCUT2D eigenvalue weighted by atomic mass is 9.41. The number of alkyl halides is 1. The highest BCUT2D eigenvalue weighted by Crippen LogP contribution is 2.71. The molecule has 3 aliphatic carbocycles. The molecule has 1 saturated heterocycles. The summed E-state index contributed by atoms with van der Waals surface area (Å²) in [5, 5.41) is 70.8. The predicted molar refractivity (Wildman–Crippen MR) is 202 cm³/mol. The molecule has 2 heterocycles. The molecule has 4 aliphatic rings. The smallest absolute Gasteiger partial charge is 0.364 e. The van der Waals surface area contributed by atoms with Crippen molar-refractivity contribution >= 4 is 0 Å². The predicted octanol–water partition coefficient (Wildman–Crippen LogP) is 5.01. The molecule has 1 aliphatic heterocycles. The zero-order chi connectivity index (χ0) is 39.0. The first-order chi connectivity index (χ1) is 26.0. The van der Waals surface area contributed by atoms with Crippen molar-refractivity contribution in [2.24, 2.45) is 5.41 Å². The summed E-state index contributed by atoms with van der Waals surface area (Å²) in [5.74, 6) is 0. The molecule has 0 spiro atoms. The van der Waals surface area contributed by atoms with Gasteiger partial charge in [-0.2, -0.15) is 9.36 Å². The average molecular weight is 773 g/mol. The van der Waals surface area contributed by atoms with Gasteiger partial charge in [-0.25, -0.2) is 9.18 Å². The van der Waals surface area contributed by atoms with Gasteiger partial charge in [0.2, 0.25) is 0 Å². The minimum absolute atomic E-state index is 0.304. The van der Waals surface area contributed by atoms with Crippen LogP contribution in [0, 0.1) is 5.41 Å². The van der Waals surface area contributed by atoms with Crippen LogP contribution in [0.25, 0.3) is 0 Å². The van der Waals surface area contributed by atoms with Crippen LogP contribution >= 0.6 is 0 Å². The summed E-state index contributed by atoms with van der Waals surface area (Å²) in [5.41, 5.74) is -1.03. The Bertz CT molecular complexity index is 1210. The standard InChI is InChI=1S/C40H73FN4O9/c1-2-3-4-5-6-7-8-9-10-13-16-19-22-31(47)33(48)30(26-53-37-36(51)35(50)34(49)32(25-46)54-37)45-38(52)44(42-43-45)24-21-18-15-12-11-14-17-20-23-39-27-40(41,28-39)29-39/h30-37,46-51H,2-29H2,1H3/t30-,31+,32?,33-,34?,35?,36?,37?,39?,40?/m0/s1. The second-order valence-electron chi connectivity index (χ2n) is 17.0. The van der Waals surface area contributed by atoms with Crippen LogP contribution in [0.2, 0.25) is 0 Å². The van der Waals surface area contributed by atoms with Crippen molar-refractivity contribution in [3.63, 3.8) is 0 Å². The maximum Gasteiger partial charge on any atom is 0.364 e. The fourth-order valence-corrected chi connectivity index (χ4v) is 8.92. The molecule has 0 radical (unpaired) electrons. The number of aliphatic hydroxyl groups excluding tert-OH is 6. The summed E-state index contributed by atoms with van der Waals surface area (Å²) in [6.45, 7) is 1.50. The minimum Gasteiger partial charge on any atom is -0.394 e. The molecule has 6 N–H and O–H groups in total. The SMILES string of the molecule is CCCCCCCCCCCCCC[C@@H](O)[C@@H](O)[C@H](COC1OC(CO)C(O)C(O)C1O)n1nnn(CCCCCCCCCCC23CC(F)(C2)C3)c1=O. The summed E-state index contributed by atoms with van der Waals surface area (Å²) >= 11 is 0. The molecule has 314 valence electrons. The fraction of sp³-hybridized carbons (Fsp3) is 0.975. The van der Waals surface area contributed by atoms with E-state index in [0.717, 1.165) is 75.3 Å². The Balaban J connectivity index is 1.20. The summed E-state index contributed by atoms with van der Waals surface area (Å²) in [6.07, 6.45) is 16.2. The number of unbranched alkanes of at least 4 members (excludes halogenated alkanes) is 18. The van der Waals surface area contributed by atoms with Crippen LogP contribution in [0.5, 0.6) is 0 Å². The van der Waals surface area contributed by atoms with Crippen molar-refractivity contribution in [3.8, 4) is 0 Å². The monoisotopic (exact) mass is 773 g/mol. The number of aliphatic hydroxyl groups is 6. The molecule has 8 atom stereocenters. The molecular weight excluding hydrogens is 699 g/mol. The second kappa shape index (κ2) is 23.0. The minimum atomic E-state index is -1.66. The van der Waals surface area contributed by atoms with Gasteiger partial charge >= 0.3 is 5.69 Å². The molecule has 0 aromatic carbocycles. The number of tetrazole rings is 1. The molecule has 0 amide bonds. The van der Waals surface area contributed by atoms with Crippen LogP contribution in [0.1, 0.15) is 173 Å². The van der Waals surface area contributed by atoms with Gasteiger partial charge in [0.25, 0.3) is 0 Å². The fourth-order valence-electron chi connectivity index (χ4n) is 8.92. The van der Waals surface area contributed by atoms with E-state index in [1.807, 2.05) is 0 Å². The normalized spacial score (nSPS) is 29.4. The van der Waals surface area contributed by atoms with Crippen LogP contribution in [0.15, 0.2) is 4.79 Å². The third kappa shape index (κ3) is 13.3. The van der Waals surface area contributed by atoms with Gasteiger partial charge in [0.1, 0.15) is 42.2 Å².